The molecule has 0 aliphatic carbocycles. The van der Waals surface area contributed by atoms with Crippen molar-refractivity contribution in [2.45, 2.75) is 9.79 Å². The lowest BCUT2D eigenvalue weighted by Crippen LogP contribution is -1.88. The van der Waals surface area contributed by atoms with Crippen LogP contribution in [0.2, 0.25) is 0 Å². The first-order valence-corrected chi connectivity index (χ1v) is 10.4. The maximum Gasteiger partial charge on any atom is 0.133 e. The van der Waals surface area contributed by atoms with Crippen molar-refractivity contribution in [1.29, 1.82) is 0 Å². The smallest absolute Gasteiger partial charge is 0.133 e. The van der Waals surface area contributed by atoms with Gasteiger partial charge in [-0.2, -0.15) is 0 Å². The van der Waals surface area contributed by atoms with Crippen LogP contribution in [-0.4, -0.2) is 14.2 Å². The van der Waals surface area contributed by atoms with E-state index in [-0.39, 0.29) is 0 Å². The molecular formula is C22H18O2S2. The fourth-order valence-electron chi connectivity index (χ4n) is 3.02. The highest BCUT2D eigenvalue weighted by molar-refractivity contribution is 8.76. The van der Waals surface area contributed by atoms with Crippen LogP contribution < -0.4 is 9.47 Å². The van der Waals surface area contributed by atoms with E-state index in [4.69, 9.17) is 9.47 Å². The molecule has 0 saturated carbocycles. The summed E-state index contributed by atoms with van der Waals surface area (Å²) in [5.41, 5.74) is 0. The van der Waals surface area contributed by atoms with Gasteiger partial charge in [0.25, 0.3) is 0 Å². The number of rotatable bonds is 5. The molecule has 0 N–H and O–H groups in total. The molecule has 0 amide bonds. The van der Waals surface area contributed by atoms with E-state index in [1.54, 1.807) is 35.8 Å². The van der Waals surface area contributed by atoms with Crippen molar-refractivity contribution in [3.05, 3.63) is 72.8 Å². The second-order valence-electron chi connectivity index (χ2n) is 5.80. The Balaban J connectivity index is 1.79. The summed E-state index contributed by atoms with van der Waals surface area (Å²) in [4.78, 5) is 2.26. The SMILES string of the molecule is COc1ccc2ccccc2c1SSc1c(OC)ccc2ccccc12. The van der Waals surface area contributed by atoms with Crippen LogP contribution in [0.25, 0.3) is 21.5 Å². The van der Waals surface area contributed by atoms with Crippen LogP contribution in [0.4, 0.5) is 0 Å². The Labute approximate surface area is 160 Å². The molecule has 0 spiro atoms. The van der Waals surface area contributed by atoms with E-state index < -0.39 is 0 Å². The van der Waals surface area contributed by atoms with E-state index in [9.17, 15) is 0 Å². The normalized spacial score (nSPS) is 11.0. The lowest BCUT2D eigenvalue weighted by atomic mass is 10.1. The Kier molecular flexibility index (Phi) is 4.96. The summed E-state index contributed by atoms with van der Waals surface area (Å²) < 4.78 is 11.2. The summed E-state index contributed by atoms with van der Waals surface area (Å²) in [6.07, 6.45) is 0. The maximum atomic E-state index is 5.62. The molecule has 4 rings (SSSR count). The average Bonchev–Trinajstić information content (AvgIpc) is 2.71. The number of hydrogen-bond donors (Lipinski definition) is 0. The van der Waals surface area contributed by atoms with Crippen LogP contribution >= 0.6 is 21.6 Å². The molecule has 0 aliphatic heterocycles. The predicted molar refractivity (Wildman–Crippen MR) is 113 cm³/mol. The summed E-state index contributed by atoms with van der Waals surface area (Å²) in [5.74, 6) is 1.78. The topological polar surface area (TPSA) is 18.5 Å². The monoisotopic (exact) mass is 378 g/mol. The fraction of sp³-hybridized carbons (Fsp3) is 0.0909. The van der Waals surface area contributed by atoms with Crippen LogP contribution in [0.5, 0.6) is 11.5 Å². The number of methoxy groups -OCH3 is 2. The van der Waals surface area contributed by atoms with Gasteiger partial charge in [-0.1, -0.05) is 60.7 Å². The summed E-state index contributed by atoms with van der Waals surface area (Å²) in [7, 11) is 6.86. The van der Waals surface area contributed by atoms with Gasteiger partial charge in [0.2, 0.25) is 0 Å². The molecule has 130 valence electrons. The second-order valence-corrected chi connectivity index (χ2v) is 7.95. The van der Waals surface area contributed by atoms with Crippen molar-refractivity contribution in [2.24, 2.45) is 0 Å². The van der Waals surface area contributed by atoms with Crippen LogP contribution in [0.3, 0.4) is 0 Å². The number of fused-ring (bicyclic) bond motifs is 2. The van der Waals surface area contributed by atoms with Crippen molar-refractivity contribution in [3.63, 3.8) is 0 Å². The third kappa shape index (κ3) is 3.11. The minimum atomic E-state index is 0.889. The number of benzene rings is 4. The highest BCUT2D eigenvalue weighted by Crippen LogP contribution is 2.49. The maximum absolute atomic E-state index is 5.62. The number of ether oxygens (including phenoxy) is 2. The highest BCUT2D eigenvalue weighted by atomic mass is 33.1. The first-order chi connectivity index (χ1) is 12.8. The molecule has 0 fully saturated rings. The van der Waals surface area contributed by atoms with Crippen molar-refractivity contribution in [2.75, 3.05) is 14.2 Å². The Morgan fingerprint density at radius 1 is 0.538 bits per heavy atom. The van der Waals surface area contributed by atoms with Gasteiger partial charge in [-0.15, -0.1) is 0 Å². The average molecular weight is 379 g/mol. The Morgan fingerprint density at radius 3 is 1.38 bits per heavy atom. The van der Waals surface area contributed by atoms with Gasteiger partial charge in [0.05, 0.1) is 24.0 Å². The molecule has 0 radical (unpaired) electrons. The van der Waals surface area contributed by atoms with E-state index in [1.165, 1.54) is 21.5 Å². The molecule has 0 aliphatic rings. The highest BCUT2D eigenvalue weighted by Gasteiger charge is 2.14. The summed E-state index contributed by atoms with van der Waals surface area (Å²) in [6, 6.07) is 25.0. The third-order valence-electron chi connectivity index (χ3n) is 4.34. The van der Waals surface area contributed by atoms with Gasteiger partial charge in [-0.05, 0) is 55.3 Å². The van der Waals surface area contributed by atoms with E-state index in [2.05, 4.69) is 60.7 Å². The van der Waals surface area contributed by atoms with Crippen LogP contribution in [0.1, 0.15) is 0 Å². The van der Waals surface area contributed by atoms with Gasteiger partial charge in [-0.25, -0.2) is 0 Å². The second kappa shape index (κ2) is 7.52. The largest absolute Gasteiger partial charge is 0.496 e. The van der Waals surface area contributed by atoms with Gasteiger partial charge >= 0.3 is 0 Å². The first kappa shape index (κ1) is 17.1. The molecule has 26 heavy (non-hydrogen) atoms. The third-order valence-corrected chi connectivity index (χ3v) is 6.84. The zero-order chi connectivity index (χ0) is 17.9. The van der Waals surface area contributed by atoms with Gasteiger partial charge in [0.15, 0.2) is 0 Å². The minimum Gasteiger partial charge on any atom is -0.496 e. The Hall–Kier alpha value is -2.30. The summed E-state index contributed by atoms with van der Waals surface area (Å²) >= 11 is 0. The Bertz CT molecular complexity index is 989. The van der Waals surface area contributed by atoms with Crippen LogP contribution in [0.15, 0.2) is 82.6 Å². The quantitative estimate of drug-likeness (QED) is 0.355. The molecule has 4 aromatic carbocycles. The van der Waals surface area contributed by atoms with Gasteiger partial charge in [0, 0.05) is 0 Å². The zero-order valence-corrected chi connectivity index (χ0v) is 16.2. The molecule has 0 saturated heterocycles. The van der Waals surface area contributed by atoms with Gasteiger partial charge < -0.3 is 9.47 Å². The molecule has 4 heteroatoms. The first-order valence-electron chi connectivity index (χ1n) is 8.28. The van der Waals surface area contributed by atoms with Crippen molar-refractivity contribution >= 4 is 43.1 Å². The van der Waals surface area contributed by atoms with Crippen LogP contribution in [0, 0.1) is 0 Å². The van der Waals surface area contributed by atoms with Crippen molar-refractivity contribution in [3.8, 4) is 11.5 Å². The molecule has 4 aromatic rings. The fourth-order valence-corrected chi connectivity index (χ4v) is 5.74. The molecule has 2 nitrogen and oxygen atoms in total. The van der Waals surface area contributed by atoms with E-state index >= 15 is 0 Å². The predicted octanol–water partition coefficient (Wildman–Crippen LogP) is 6.81. The molecule has 0 aromatic heterocycles. The zero-order valence-electron chi connectivity index (χ0n) is 14.6. The van der Waals surface area contributed by atoms with Gasteiger partial charge in [-0.3, -0.25) is 0 Å². The molecule has 0 atom stereocenters. The standard InChI is InChI=1S/C22H18O2S2/c1-23-19-13-11-15-7-3-5-9-17(15)21(19)25-26-22-18-10-6-4-8-16(18)12-14-20(22)24-2/h3-14H,1-2H3. The van der Waals surface area contributed by atoms with E-state index in [1.807, 2.05) is 12.1 Å². The van der Waals surface area contributed by atoms with Crippen LogP contribution in [-0.2, 0) is 0 Å². The number of hydrogen-bond acceptors (Lipinski definition) is 4. The Morgan fingerprint density at radius 2 is 0.962 bits per heavy atom. The lowest BCUT2D eigenvalue weighted by Gasteiger charge is -2.14. The molecule has 0 bridgehead atoms. The van der Waals surface area contributed by atoms with E-state index in [0.717, 1.165) is 21.3 Å². The lowest BCUT2D eigenvalue weighted by molar-refractivity contribution is 0.405. The molecular weight excluding hydrogens is 360 g/mol. The van der Waals surface area contributed by atoms with Gasteiger partial charge in [0.1, 0.15) is 11.5 Å². The van der Waals surface area contributed by atoms with Crippen molar-refractivity contribution < 1.29 is 9.47 Å². The van der Waals surface area contributed by atoms with E-state index in [0.29, 0.717) is 0 Å². The minimum absolute atomic E-state index is 0.889. The molecule has 0 heterocycles. The summed E-state index contributed by atoms with van der Waals surface area (Å²) in [6.45, 7) is 0. The van der Waals surface area contributed by atoms with Crippen molar-refractivity contribution in [1.82, 2.24) is 0 Å². The summed E-state index contributed by atoms with van der Waals surface area (Å²) in [5, 5.41) is 4.81. The molecule has 0 unspecified atom stereocenters.